The molecule has 1 aliphatic rings. The predicted octanol–water partition coefficient (Wildman–Crippen LogP) is 2.16. The minimum absolute atomic E-state index is 0.0220. The Labute approximate surface area is 96.4 Å². The van der Waals surface area contributed by atoms with Gasteiger partial charge in [0.2, 0.25) is 0 Å². The molecule has 4 heteroatoms. The van der Waals surface area contributed by atoms with Crippen LogP contribution >= 0.6 is 0 Å². The van der Waals surface area contributed by atoms with Gasteiger partial charge < -0.3 is 9.84 Å². The summed E-state index contributed by atoms with van der Waals surface area (Å²) in [5.41, 5.74) is 0.807. The lowest BCUT2D eigenvalue weighted by molar-refractivity contribution is 0.0443. The van der Waals surface area contributed by atoms with Crippen molar-refractivity contribution in [3.05, 3.63) is 41.0 Å². The summed E-state index contributed by atoms with van der Waals surface area (Å²) >= 11 is 0. The number of rotatable bonds is 0. The lowest BCUT2D eigenvalue weighted by atomic mass is 9.95. The van der Waals surface area contributed by atoms with Crippen LogP contribution in [0.4, 0.5) is 0 Å². The minimum atomic E-state index is -0.781. The van der Waals surface area contributed by atoms with Crippen molar-refractivity contribution < 1.29 is 19.4 Å². The third-order valence-corrected chi connectivity index (χ3v) is 3.04. The minimum Gasteiger partial charge on any atom is -0.506 e. The summed E-state index contributed by atoms with van der Waals surface area (Å²) in [7, 11) is 0. The van der Waals surface area contributed by atoms with E-state index >= 15 is 0 Å². The highest BCUT2D eigenvalue weighted by Crippen LogP contribution is 2.38. The van der Waals surface area contributed by atoms with Crippen molar-refractivity contribution in [3.8, 4) is 5.75 Å². The van der Waals surface area contributed by atoms with Crippen LogP contribution in [0.1, 0.15) is 26.3 Å². The molecule has 4 nitrogen and oxygen atoms in total. The zero-order valence-corrected chi connectivity index (χ0v) is 8.98. The van der Waals surface area contributed by atoms with Crippen LogP contribution in [0.25, 0.3) is 10.8 Å². The highest BCUT2D eigenvalue weighted by atomic mass is 16.6. The van der Waals surface area contributed by atoms with Gasteiger partial charge in [0.05, 0.1) is 5.56 Å². The number of carbonyl (C=O) groups excluding carboxylic acids is 2. The Morgan fingerprint density at radius 3 is 2.29 bits per heavy atom. The summed E-state index contributed by atoms with van der Waals surface area (Å²) in [5, 5.41) is 11.3. The first-order chi connectivity index (χ1) is 8.11. The number of aryl methyl sites for hydroxylation is 1. The van der Waals surface area contributed by atoms with Crippen molar-refractivity contribution in [2.45, 2.75) is 6.92 Å². The molecule has 0 unspecified atom stereocenters. The molecule has 0 bridgehead atoms. The van der Waals surface area contributed by atoms with Crippen molar-refractivity contribution in [3.63, 3.8) is 0 Å². The van der Waals surface area contributed by atoms with E-state index in [1.54, 1.807) is 25.1 Å². The van der Waals surface area contributed by atoms with Gasteiger partial charge >= 0.3 is 11.9 Å². The predicted molar refractivity (Wildman–Crippen MR) is 60.1 cm³/mol. The Bertz CT molecular complexity index is 627. The summed E-state index contributed by atoms with van der Waals surface area (Å²) in [6.07, 6.45) is 0. The fourth-order valence-corrected chi connectivity index (χ4v) is 2.23. The van der Waals surface area contributed by atoms with Gasteiger partial charge in [0.15, 0.2) is 0 Å². The van der Waals surface area contributed by atoms with E-state index in [1.165, 1.54) is 0 Å². The molecule has 0 fully saturated rings. The van der Waals surface area contributed by atoms with Crippen molar-refractivity contribution in [1.29, 1.82) is 0 Å². The van der Waals surface area contributed by atoms with E-state index in [9.17, 15) is 14.7 Å². The fourth-order valence-electron chi connectivity index (χ4n) is 2.23. The quantitative estimate of drug-likeness (QED) is 0.554. The van der Waals surface area contributed by atoms with Gasteiger partial charge in [-0.15, -0.1) is 0 Å². The molecular formula is C13H8O4. The first-order valence-corrected chi connectivity index (χ1v) is 5.12. The zero-order valence-electron chi connectivity index (χ0n) is 8.98. The average molecular weight is 228 g/mol. The van der Waals surface area contributed by atoms with E-state index in [0.29, 0.717) is 10.9 Å². The number of hydrogen-bond donors (Lipinski definition) is 1. The maximum absolute atomic E-state index is 11.5. The Hall–Kier alpha value is -2.36. The number of aromatic hydroxyl groups is 1. The van der Waals surface area contributed by atoms with Crippen LogP contribution in [0, 0.1) is 6.92 Å². The number of benzene rings is 2. The lowest BCUT2D eigenvalue weighted by Crippen LogP contribution is -1.98. The summed E-state index contributed by atoms with van der Waals surface area (Å²) < 4.78 is 4.53. The van der Waals surface area contributed by atoms with Crippen LogP contribution in [-0.2, 0) is 4.74 Å². The van der Waals surface area contributed by atoms with Gasteiger partial charge in [-0.05, 0) is 17.9 Å². The lowest BCUT2D eigenvalue weighted by Gasteiger charge is -2.07. The second-order valence-electron chi connectivity index (χ2n) is 3.95. The maximum Gasteiger partial charge on any atom is 0.350 e. The third kappa shape index (κ3) is 1.12. The van der Waals surface area contributed by atoms with E-state index in [1.807, 2.05) is 6.07 Å². The van der Waals surface area contributed by atoms with E-state index in [-0.39, 0.29) is 16.9 Å². The summed E-state index contributed by atoms with van der Waals surface area (Å²) in [6, 6.07) is 7.06. The summed E-state index contributed by atoms with van der Waals surface area (Å²) in [6.45, 7) is 1.74. The van der Waals surface area contributed by atoms with Gasteiger partial charge in [-0.2, -0.15) is 0 Å². The van der Waals surface area contributed by atoms with Crippen LogP contribution in [0.15, 0.2) is 24.3 Å². The zero-order chi connectivity index (χ0) is 12.2. The second-order valence-corrected chi connectivity index (χ2v) is 3.95. The monoisotopic (exact) mass is 228 g/mol. The van der Waals surface area contributed by atoms with E-state index in [2.05, 4.69) is 4.74 Å². The molecule has 1 aliphatic heterocycles. The number of ether oxygens (including phenoxy) is 1. The first kappa shape index (κ1) is 9.84. The van der Waals surface area contributed by atoms with Crippen LogP contribution < -0.4 is 0 Å². The molecule has 0 saturated carbocycles. The average Bonchev–Trinajstić information content (AvgIpc) is 2.62. The summed E-state index contributed by atoms with van der Waals surface area (Å²) in [4.78, 5) is 23.0. The molecule has 0 radical (unpaired) electrons. The maximum atomic E-state index is 11.5. The molecule has 0 amide bonds. The van der Waals surface area contributed by atoms with Gasteiger partial charge in [-0.3, -0.25) is 0 Å². The van der Waals surface area contributed by atoms with Gasteiger partial charge in [-0.1, -0.05) is 24.3 Å². The van der Waals surface area contributed by atoms with Crippen LogP contribution in [0.2, 0.25) is 0 Å². The van der Waals surface area contributed by atoms with Crippen molar-refractivity contribution in [1.82, 2.24) is 0 Å². The van der Waals surface area contributed by atoms with Crippen molar-refractivity contribution >= 4 is 22.7 Å². The van der Waals surface area contributed by atoms with E-state index < -0.39 is 11.9 Å². The number of hydrogen-bond acceptors (Lipinski definition) is 4. The Morgan fingerprint density at radius 2 is 1.59 bits per heavy atom. The van der Waals surface area contributed by atoms with Crippen molar-refractivity contribution in [2.24, 2.45) is 0 Å². The number of phenolic OH excluding ortho intramolecular Hbond substituents is 1. The van der Waals surface area contributed by atoms with Crippen LogP contribution in [0.3, 0.4) is 0 Å². The molecule has 1 N–H and O–H groups in total. The molecule has 17 heavy (non-hydrogen) atoms. The van der Waals surface area contributed by atoms with Gasteiger partial charge in [0.25, 0.3) is 0 Å². The molecule has 0 spiro atoms. The molecular weight excluding hydrogens is 220 g/mol. The molecule has 0 atom stereocenters. The molecule has 0 aromatic heterocycles. The third-order valence-electron chi connectivity index (χ3n) is 3.04. The molecule has 1 heterocycles. The van der Waals surface area contributed by atoms with E-state index in [4.69, 9.17) is 0 Å². The topological polar surface area (TPSA) is 63.6 Å². The van der Waals surface area contributed by atoms with Crippen molar-refractivity contribution in [2.75, 3.05) is 0 Å². The highest BCUT2D eigenvalue weighted by Gasteiger charge is 2.35. The molecule has 2 aromatic rings. The first-order valence-electron chi connectivity index (χ1n) is 5.12. The molecule has 2 aromatic carbocycles. The highest BCUT2D eigenvalue weighted by molar-refractivity contribution is 6.20. The van der Waals surface area contributed by atoms with Gasteiger partial charge in [-0.25, -0.2) is 9.59 Å². The molecule has 0 saturated heterocycles. The number of cyclic esters (lactones) is 2. The smallest absolute Gasteiger partial charge is 0.350 e. The standard InChI is InChI=1S/C13H8O4/c1-6-7-4-2-3-5-8(7)11(14)10-9(6)12(15)17-13(10)16/h2-5,14H,1H3. The molecule has 0 aliphatic carbocycles. The number of esters is 2. The van der Waals surface area contributed by atoms with E-state index in [0.717, 1.165) is 5.39 Å². The second kappa shape index (κ2) is 3.07. The van der Waals surface area contributed by atoms with Crippen LogP contribution in [0.5, 0.6) is 5.75 Å². The Morgan fingerprint density at radius 1 is 1.00 bits per heavy atom. The Balaban J connectivity index is 2.57. The van der Waals surface area contributed by atoms with Crippen LogP contribution in [-0.4, -0.2) is 17.0 Å². The summed E-state index contributed by atoms with van der Waals surface area (Å²) in [5.74, 6) is -1.66. The number of carbonyl (C=O) groups is 2. The fraction of sp³-hybridized carbons (Fsp3) is 0.0769. The van der Waals surface area contributed by atoms with Gasteiger partial charge in [0.1, 0.15) is 11.3 Å². The molecule has 3 rings (SSSR count). The van der Waals surface area contributed by atoms with Gasteiger partial charge in [0, 0.05) is 5.39 Å². The molecule has 84 valence electrons. The largest absolute Gasteiger partial charge is 0.506 e. The normalized spacial score (nSPS) is 13.9. The Kier molecular flexibility index (Phi) is 1.78. The SMILES string of the molecule is Cc1c2c(c(O)c3ccccc13)C(=O)OC2=O. The number of phenols is 1. The number of fused-ring (bicyclic) bond motifs is 2.